The number of nitrogens with one attached hydrogen (secondary N) is 1. The van der Waals surface area contributed by atoms with Crippen LogP contribution in [0.3, 0.4) is 0 Å². The van der Waals surface area contributed by atoms with Crippen LogP contribution < -0.4 is 10.2 Å². The van der Waals surface area contributed by atoms with Crippen molar-refractivity contribution >= 4 is 29.9 Å². The third kappa shape index (κ3) is 4.87. The Bertz CT molecular complexity index is 656. The van der Waals surface area contributed by atoms with Crippen LogP contribution in [-0.4, -0.2) is 48.9 Å². The molecule has 2 fully saturated rings. The molecule has 2 aliphatic heterocycles. The van der Waals surface area contributed by atoms with Gasteiger partial charge in [-0.25, -0.2) is 0 Å². The second kappa shape index (κ2) is 10.3. The first-order valence-corrected chi connectivity index (χ1v) is 10.5. The number of carbonyl (C=O) groups excluding carboxylic acids is 2. The highest BCUT2D eigenvalue weighted by Gasteiger charge is 2.41. The summed E-state index contributed by atoms with van der Waals surface area (Å²) in [7, 11) is 0. The molecule has 6 heteroatoms. The molecule has 0 radical (unpaired) electrons. The quantitative estimate of drug-likeness (QED) is 0.733. The molecule has 1 aromatic rings. The second-order valence-electron chi connectivity index (χ2n) is 8.09. The fraction of sp³-hybridized carbons (Fsp3) is 0.636. The van der Waals surface area contributed by atoms with E-state index in [0.29, 0.717) is 18.9 Å². The van der Waals surface area contributed by atoms with Gasteiger partial charge in [-0.05, 0) is 62.4 Å². The molecule has 0 aromatic heterocycles. The summed E-state index contributed by atoms with van der Waals surface area (Å²) in [6.07, 6.45) is 3.51. The maximum absolute atomic E-state index is 13.2. The van der Waals surface area contributed by atoms with Gasteiger partial charge in [0.25, 0.3) is 0 Å². The number of hydrogen-bond donors (Lipinski definition) is 1. The summed E-state index contributed by atoms with van der Waals surface area (Å²) in [5.41, 5.74) is 2.17. The normalized spacial score (nSPS) is 20.4. The van der Waals surface area contributed by atoms with E-state index >= 15 is 0 Å². The Labute approximate surface area is 175 Å². The molecule has 5 nitrogen and oxygen atoms in total. The molecule has 0 saturated carbocycles. The molecule has 2 aliphatic rings. The topological polar surface area (TPSA) is 52.7 Å². The van der Waals surface area contributed by atoms with Crippen LogP contribution in [0.25, 0.3) is 0 Å². The Morgan fingerprint density at radius 1 is 1.18 bits per heavy atom. The average Bonchev–Trinajstić information content (AvgIpc) is 3.07. The summed E-state index contributed by atoms with van der Waals surface area (Å²) in [4.78, 5) is 30.0. The monoisotopic (exact) mass is 407 g/mol. The first kappa shape index (κ1) is 22.7. The van der Waals surface area contributed by atoms with Gasteiger partial charge >= 0.3 is 0 Å². The molecule has 0 bridgehead atoms. The fourth-order valence-electron chi connectivity index (χ4n) is 4.24. The number of halogens is 1. The van der Waals surface area contributed by atoms with Gasteiger partial charge in [0.1, 0.15) is 5.92 Å². The van der Waals surface area contributed by atoms with Crippen molar-refractivity contribution in [2.75, 3.05) is 31.1 Å². The third-order valence-electron chi connectivity index (χ3n) is 5.87. The second-order valence-corrected chi connectivity index (χ2v) is 8.09. The van der Waals surface area contributed by atoms with E-state index in [2.05, 4.69) is 38.2 Å². The Morgan fingerprint density at radius 3 is 2.39 bits per heavy atom. The van der Waals surface area contributed by atoms with Gasteiger partial charge in [0.2, 0.25) is 11.8 Å². The largest absolute Gasteiger partial charge is 0.339 e. The van der Waals surface area contributed by atoms with Gasteiger partial charge < -0.3 is 15.1 Å². The lowest BCUT2D eigenvalue weighted by molar-refractivity contribution is -0.142. The number of benzene rings is 1. The van der Waals surface area contributed by atoms with Gasteiger partial charge in [-0.2, -0.15) is 0 Å². The average molecular weight is 408 g/mol. The van der Waals surface area contributed by atoms with Crippen LogP contribution >= 0.6 is 12.4 Å². The van der Waals surface area contributed by atoms with Crippen molar-refractivity contribution in [2.24, 2.45) is 5.92 Å². The van der Waals surface area contributed by atoms with E-state index in [1.165, 1.54) is 5.56 Å². The molecule has 1 aromatic carbocycles. The number of rotatable bonds is 6. The van der Waals surface area contributed by atoms with Gasteiger partial charge in [-0.1, -0.05) is 32.9 Å². The Hall–Kier alpha value is -1.59. The minimum Gasteiger partial charge on any atom is -0.339 e. The number of anilines is 1. The molecule has 28 heavy (non-hydrogen) atoms. The molecule has 1 N–H and O–H groups in total. The molecular weight excluding hydrogens is 374 g/mol. The number of carbonyl (C=O) groups is 2. The standard InChI is InChI=1S/C22H33N3O2.ClH/c1-4-14-24(19-9-12-23-13-10-19)21(26)20-11-15-25(22(20)27)18-7-5-17(6-8-18)16(2)3;/h5-8,16,19-20,23H,4,9-15H2,1-3H3;1H. The molecule has 3 rings (SSSR count). The van der Waals surface area contributed by atoms with E-state index in [-0.39, 0.29) is 30.3 Å². The molecule has 2 heterocycles. The van der Waals surface area contributed by atoms with Crippen molar-refractivity contribution in [3.8, 4) is 0 Å². The first-order valence-electron chi connectivity index (χ1n) is 10.5. The highest BCUT2D eigenvalue weighted by molar-refractivity contribution is 6.09. The Balaban J connectivity index is 0.00000280. The molecule has 1 unspecified atom stereocenters. The van der Waals surface area contributed by atoms with Gasteiger partial charge in [-0.15, -0.1) is 12.4 Å². The van der Waals surface area contributed by atoms with E-state index in [1.54, 1.807) is 4.90 Å². The van der Waals surface area contributed by atoms with Crippen molar-refractivity contribution in [3.63, 3.8) is 0 Å². The minimum atomic E-state index is -0.517. The van der Waals surface area contributed by atoms with Crippen LogP contribution in [0.5, 0.6) is 0 Å². The van der Waals surface area contributed by atoms with Crippen molar-refractivity contribution < 1.29 is 9.59 Å². The lowest BCUT2D eigenvalue weighted by Crippen LogP contribution is -2.49. The smallest absolute Gasteiger partial charge is 0.239 e. The highest BCUT2D eigenvalue weighted by Crippen LogP contribution is 2.29. The molecule has 2 saturated heterocycles. The van der Waals surface area contributed by atoms with Crippen molar-refractivity contribution in [1.29, 1.82) is 0 Å². The van der Waals surface area contributed by atoms with Crippen LogP contribution in [0.2, 0.25) is 0 Å². The minimum absolute atomic E-state index is 0. The summed E-state index contributed by atoms with van der Waals surface area (Å²) in [6, 6.07) is 8.46. The molecule has 1 atom stereocenters. The lowest BCUT2D eigenvalue weighted by atomic mass is 10.00. The highest BCUT2D eigenvalue weighted by atomic mass is 35.5. The zero-order valence-corrected chi connectivity index (χ0v) is 18.1. The molecule has 2 amide bonds. The van der Waals surface area contributed by atoms with Crippen LogP contribution in [-0.2, 0) is 9.59 Å². The predicted octanol–water partition coefficient (Wildman–Crippen LogP) is 3.58. The van der Waals surface area contributed by atoms with Gasteiger partial charge in [0, 0.05) is 24.8 Å². The first-order chi connectivity index (χ1) is 13.0. The van der Waals surface area contributed by atoms with E-state index < -0.39 is 5.92 Å². The van der Waals surface area contributed by atoms with Crippen LogP contribution in [0, 0.1) is 5.92 Å². The number of piperidine rings is 1. The fourth-order valence-corrected chi connectivity index (χ4v) is 4.24. The number of amides is 2. The predicted molar refractivity (Wildman–Crippen MR) is 116 cm³/mol. The van der Waals surface area contributed by atoms with Gasteiger partial charge in [-0.3, -0.25) is 9.59 Å². The Morgan fingerprint density at radius 2 is 1.82 bits per heavy atom. The molecular formula is C22H34ClN3O2. The number of hydrogen-bond acceptors (Lipinski definition) is 3. The van der Waals surface area contributed by atoms with Crippen molar-refractivity contribution in [2.45, 2.75) is 58.4 Å². The summed E-state index contributed by atoms with van der Waals surface area (Å²) in [6.45, 7) is 9.69. The number of nitrogens with zero attached hydrogens (tertiary/aromatic N) is 2. The van der Waals surface area contributed by atoms with E-state index in [9.17, 15) is 9.59 Å². The van der Waals surface area contributed by atoms with Crippen LogP contribution in [0.4, 0.5) is 5.69 Å². The van der Waals surface area contributed by atoms with Gasteiger partial charge in [0.15, 0.2) is 0 Å². The maximum Gasteiger partial charge on any atom is 0.239 e. The molecule has 0 spiro atoms. The lowest BCUT2D eigenvalue weighted by Gasteiger charge is -2.35. The Kier molecular flexibility index (Phi) is 8.32. The van der Waals surface area contributed by atoms with Gasteiger partial charge in [0.05, 0.1) is 0 Å². The summed E-state index contributed by atoms with van der Waals surface area (Å²) in [5, 5.41) is 3.36. The van der Waals surface area contributed by atoms with E-state index in [0.717, 1.165) is 44.6 Å². The zero-order valence-electron chi connectivity index (χ0n) is 17.3. The van der Waals surface area contributed by atoms with E-state index in [1.807, 2.05) is 17.0 Å². The third-order valence-corrected chi connectivity index (χ3v) is 5.87. The SMILES string of the molecule is CCCN(C(=O)C1CCN(c2ccc(C(C)C)cc2)C1=O)C1CCNCC1.Cl. The summed E-state index contributed by atoms with van der Waals surface area (Å²) in [5.74, 6) is -0.0474. The molecule has 0 aliphatic carbocycles. The van der Waals surface area contributed by atoms with Crippen molar-refractivity contribution in [3.05, 3.63) is 29.8 Å². The zero-order chi connectivity index (χ0) is 19.4. The summed E-state index contributed by atoms with van der Waals surface area (Å²) >= 11 is 0. The summed E-state index contributed by atoms with van der Waals surface area (Å²) < 4.78 is 0. The van der Waals surface area contributed by atoms with Crippen LogP contribution in [0.1, 0.15) is 57.9 Å². The van der Waals surface area contributed by atoms with Crippen LogP contribution in [0.15, 0.2) is 24.3 Å². The van der Waals surface area contributed by atoms with E-state index in [4.69, 9.17) is 0 Å². The van der Waals surface area contributed by atoms with Crippen molar-refractivity contribution in [1.82, 2.24) is 10.2 Å². The maximum atomic E-state index is 13.2. The molecule has 156 valence electrons.